The average molecular weight is 247 g/mol. The Kier molecular flexibility index (Phi) is 3.57. The van der Waals surface area contributed by atoms with Crippen LogP contribution >= 0.6 is 0 Å². The molecule has 0 saturated carbocycles. The summed E-state index contributed by atoms with van der Waals surface area (Å²) in [5.74, 6) is 0. The van der Waals surface area contributed by atoms with Crippen LogP contribution in [0.3, 0.4) is 0 Å². The van der Waals surface area contributed by atoms with Gasteiger partial charge in [-0.25, -0.2) is 4.79 Å². The lowest BCUT2D eigenvalue weighted by molar-refractivity contribution is 0.534. The minimum absolute atomic E-state index is 0.0250. The maximum absolute atomic E-state index is 11.8. The number of benzene rings is 1. The van der Waals surface area contributed by atoms with Gasteiger partial charge < -0.3 is 5.32 Å². The molecule has 98 valence electrons. The molecule has 0 fully saturated rings. The number of hydrogen-bond donors (Lipinski definition) is 1. The third-order valence-corrected chi connectivity index (χ3v) is 3.60. The number of aromatic nitrogens is 2. The number of fused-ring (bicyclic) bond motifs is 1. The van der Waals surface area contributed by atoms with Crippen molar-refractivity contribution >= 4 is 11.0 Å². The van der Waals surface area contributed by atoms with Crippen LogP contribution in [0.15, 0.2) is 23.0 Å². The summed E-state index contributed by atoms with van der Waals surface area (Å²) in [6.45, 7) is 5.19. The van der Waals surface area contributed by atoms with Crippen LogP contribution in [0.2, 0.25) is 0 Å². The van der Waals surface area contributed by atoms with Crippen molar-refractivity contribution in [2.75, 3.05) is 0 Å². The fourth-order valence-corrected chi connectivity index (χ4v) is 2.10. The third kappa shape index (κ3) is 2.20. The minimum atomic E-state index is 0.0250. The Morgan fingerprint density at radius 2 is 1.89 bits per heavy atom. The van der Waals surface area contributed by atoms with Gasteiger partial charge in [-0.1, -0.05) is 13.0 Å². The first-order valence-electron chi connectivity index (χ1n) is 6.42. The summed E-state index contributed by atoms with van der Waals surface area (Å²) in [5.41, 5.74) is 3.21. The molecule has 0 aliphatic heterocycles. The van der Waals surface area contributed by atoms with Crippen molar-refractivity contribution in [3.8, 4) is 0 Å². The summed E-state index contributed by atoms with van der Waals surface area (Å²) in [4.78, 5) is 11.8. The van der Waals surface area contributed by atoms with Crippen LogP contribution in [0.5, 0.6) is 0 Å². The summed E-state index contributed by atoms with van der Waals surface area (Å²) in [6.07, 6.45) is 1.12. The van der Waals surface area contributed by atoms with Crippen LogP contribution < -0.4 is 11.0 Å². The van der Waals surface area contributed by atoms with Crippen molar-refractivity contribution in [1.82, 2.24) is 14.5 Å². The molecule has 0 unspecified atom stereocenters. The van der Waals surface area contributed by atoms with E-state index in [0.717, 1.165) is 24.0 Å². The van der Waals surface area contributed by atoms with Gasteiger partial charge in [0.25, 0.3) is 0 Å². The molecule has 0 radical (unpaired) electrons. The topological polar surface area (TPSA) is 39.0 Å². The van der Waals surface area contributed by atoms with E-state index in [2.05, 4.69) is 31.3 Å². The zero-order valence-corrected chi connectivity index (χ0v) is 11.5. The molecule has 1 aromatic carbocycles. The molecular weight excluding hydrogens is 226 g/mol. The van der Waals surface area contributed by atoms with Gasteiger partial charge in [-0.3, -0.25) is 9.13 Å². The Morgan fingerprint density at radius 1 is 1.22 bits per heavy atom. The first-order chi connectivity index (χ1) is 8.54. The largest absolute Gasteiger partial charge is 0.328 e. The van der Waals surface area contributed by atoms with Crippen LogP contribution in [-0.4, -0.2) is 15.2 Å². The summed E-state index contributed by atoms with van der Waals surface area (Å²) in [5, 5.41) is 3.46. The van der Waals surface area contributed by atoms with E-state index in [1.807, 2.05) is 20.2 Å². The monoisotopic (exact) mass is 247 g/mol. The molecule has 0 amide bonds. The molecule has 0 aliphatic carbocycles. The molecule has 0 aliphatic rings. The highest BCUT2D eigenvalue weighted by Gasteiger charge is 2.08. The normalized spacial score (nSPS) is 13.1. The van der Waals surface area contributed by atoms with E-state index in [-0.39, 0.29) is 5.69 Å². The summed E-state index contributed by atoms with van der Waals surface area (Å²) in [6, 6.07) is 6.70. The van der Waals surface area contributed by atoms with Gasteiger partial charge in [0.05, 0.1) is 11.0 Å². The molecule has 0 bridgehead atoms. The van der Waals surface area contributed by atoms with E-state index in [1.54, 1.807) is 9.13 Å². The maximum Gasteiger partial charge on any atom is 0.328 e. The summed E-state index contributed by atoms with van der Waals surface area (Å²) >= 11 is 0. The summed E-state index contributed by atoms with van der Waals surface area (Å²) in [7, 11) is 3.62. The van der Waals surface area contributed by atoms with Gasteiger partial charge >= 0.3 is 5.69 Å². The first-order valence-corrected chi connectivity index (χ1v) is 6.42. The molecule has 1 heterocycles. The Morgan fingerprint density at radius 3 is 2.56 bits per heavy atom. The predicted molar refractivity (Wildman–Crippen MR) is 74.8 cm³/mol. The quantitative estimate of drug-likeness (QED) is 0.894. The molecule has 1 atom stereocenters. The molecule has 4 nitrogen and oxygen atoms in total. The highest BCUT2D eigenvalue weighted by molar-refractivity contribution is 5.76. The fraction of sp³-hybridized carbons (Fsp3) is 0.500. The SMILES string of the molecule is CC[C@H](C)NCc1ccc2c(c1)n(C)c(=O)n2C. The van der Waals surface area contributed by atoms with Crippen LogP contribution in [0.4, 0.5) is 0 Å². The Labute approximate surface area is 107 Å². The van der Waals surface area contributed by atoms with E-state index in [4.69, 9.17) is 0 Å². The number of hydrogen-bond acceptors (Lipinski definition) is 2. The molecule has 18 heavy (non-hydrogen) atoms. The van der Waals surface area contributed by atoms with E-state index in [9.17, 15) is 4.79 Å². The molecule has 0 saturated heterocycles. The smallest absolute Gasteiger partial charge is 0.310 e. The first kappa shape index (κ1) is 12.9. The predicted octanol–water partition coefficient (Wildman–Crippen LogP) is 1.77. The second-order valence-electron chi connectivity index (χ2n) is 4.91. The lowest BCUT2D eigenvalue weighted by Gasteiger charge is -2.11. The fourth-order valence-electron chi connectivity index (χ4n) is 2.10. The van der Waals surface area contributed by atoms with Crippen molar-refractivity contribution in [1.29, 1.82) is 0 Å². The zero-order chi connectivity index (χ0) is 13.3. The lowest BCUT2D eigenvalue weighted by Crippen LogP contribution is -2.24. The number of imidazole rings is 1. The van der Waals surface area contributed by atoms with Gasteiger partial charge in [0.2, 0.25) is 0 Å². The lowest BCUT2D eigenvalue weighted by atomic mass is 10.1. The molecule has 4 heteroatoms. The average Bonchev–Trinajstić information content (AvgIpc) is 2.61. The van der Waals surface area contributed by atoms with Gasteiger partial charge in [-0.15, -0.1) is 0 Å². The number of nitrogens with one attached hydrogen (secondary N) is 1. The highest BCUT2D eigenvalue weighted by Crippen LogP contribution is 2.14. The van der Waals surface area contributed by atoms with Crippen molar-refractivity contribution in [3.05, 3.63) is 34.2 Å². The molecule has 1 N–H and O–H groups in total. The summed E-state index contributed by atoms with van der Waals surface area (Å²) < 4.78 is 3.38. The van der Waals surface area contributed by atoms with Crippen LogP contribution in [0.1, 0.15) is 25.8 Å². The second-order valence-corrected chi connectivity index (χ2v) is 4.91. The van der Waals surface area contributed by atoms with Gasteiger partial charge in [-0.2, -0.15) is 0 Å². The van der Waals surface area contributed by atoms with E-state index >= 15 is 0 Å². The Balaban J connectivity index is 2.33. The standard InChI is InChI=1S/C14H21N3O/c1-5-10(2)15-9-11-6-7-12-13(8-11)17(4)14(18)16(12)3/h6-8,10,15H,5,9H2,1-4H3/t10-/m0/s1. The van der Waals surface area contributed by atoms with Crippen molar-refractivity contribution in [3.63, 3.8) is 0 Å². The number of aryl methyl sites for hydroxylation is 2. The Hall–Kier alpha value is -1.55. The van der Waals surface area contributed by atoms with Crippen molar-refractivity contribution < 1.29 is 0 Å². The van der Waals surface area contributed by atoms with Crippen LogP contribution in [0, 0.1) is 0 Å². The van der Waals surface area contributed by atoms with E-state index < -0.39 is 0 Å². The van der Waals surface area contributed by atoms with Crippen LogP contribution in [0.25, 0.3) is 11.0 Å². The molecule has 2 rings (SSSR count). The van der Waals surface area contributed by atoms with Gasteiger partial charge in [0, 0.05) is 26.7 Å². The number of rotatable bonds is 4. The molecule has 2 aromatic rings. The highest BCUT2D eigenvalue weighted by atomic mass is 16.1. The Bertz CT molecular complexity index is 609. The van der Waals surface area contributed by atoms with Gasteiger partial charge in [0.15, 0.2) is 0 Å². The third-order valence-electron chi connectivity index (χ3n) is 3.60. The van der Waals surface area contributed by atoms with Crippen molar-refractivity contribution in [2.45, 2.75) is 32.9 Å². The van der Waals surface area contributed by atoms with Gasteiger partial charge in [0.1, 0.15) is 0 Å². The van der Waals surface area contributed by atoms with Gasteiger partial charge in [-0.05, 0) is 31.0 Å². The second kappa shape index (κ2) is 4.98. The van der Waals surface area contributed by atoms with Crippen LogP contribution in [-0.2, 0) is 20.6 Å². The molecule has 0 spiro atoms. The minimum Gasteiger partial charge on any atom is -0.310 e. The zero-order valence-electron chi connectivity index (χ0n) is 11.5. The molecule has 1 aromatic heterocycles. The van der Waals surface area contributed by atoms with E-state index in [1.165, 1.54) is 5.56 Å². The van der Waals surface area contributed by atoms with E-state index in [0.29, 0.717) is 6.04 Å². The molecular formula is C14H21N3O. The van der Waals surface area contributed by atoms with Crippen molar-refractivity contribution in [2.24, 2.45) is 14.1 Å². The maximum atomic E-state index is 11.8. The number of nitrogens with zero attached hydrogens (tertiary/aromatic N) is 2.